The Labute approximate surface area is 133 Å². The van der Waals surface area contributed by atoms with Gasteiger partial charge >= 0.3 is 0 Å². The standard InChI is InChI=1S/C16H17BrClNO/c1-20-16-7-4-14(17)10-13(16)11-19-9-8-12-2-5-15(18)6-3-12/h2-7,10,19H,8-9,11H2,1H3. The van der Waals surface area contributed by atoms with Crippen molar-refractivity contribution < 1.29 is 4.74 Å². The number of hydrogen-bond acceptors (Lipinski definition) is 2. The molecule has 0 heterocycles. The highest BCUT2D eigenvalue weighted by atomic mass is 79.9. The van der Waals surface area contributed by atoms with E-state index in [0.29, 0.717) is 0 Å². The number of nitrogens with one attached hydrogen (secondary N) is 1. The summed E-state index contributed by atoms with van der Waals surface area (Å²) < 4.78 is 6.42. The molecule has 0 saturated heterocycles. The summed E-state index contributed by atoms with van der Waals surface area (Å²) in [4.78, 5) is 0. The molecule has 2 aromatic rings. The predicted octanol–water partition coefficient (Wildman–Crippen LogP) is 4.44. The highest BCUT2D eigenvalue weighted by Gasteiger charge is 2.03. The monoisotopic (exact) mass is 353 g/mol. The van der Waals surface area contributed by atoms with Gasteiger partial charge in [-0.05, 0) is 48.9 Å². The van der Waals surface area contributed by atoms with Crippen LogP contribution in [-0.4, -0.2) is 13.7 Å². The van der Waals surface area contributed by atoms with Gasteiger partial charge in [0, 0.05) is 21.6 Å². The van der Waals surface area contributed by atoms with Crippen LogP contribution in [0, 0.1) is 0 Å². The first-order chi connectivity index (χ1) is 9.69. The van der Waals surface area contributed by atoms with Gasteiger partial charge in [0.2, 0.25) is 0 Å². The van der Waals surface area contributed by atoms with Crippen molar-refractivity contribution in [1.29, 1.82) is 0 Å². The fourth-order valence-corrected chi connectivity index (χ4v) is 2.53. The molecule has 2 aromatic carbocycles. The van der Waals surface area contributed by atoms with Crippen molar-refractivity contribution in [3.8, 4) is 5.75 Å². The van der Waals surface area contributed by atoms with Crippen LogP contribution in [0.25, 0.3) is 0 Å². The minimum absolute atomic E-state index is 0.778. The molecule has 0 atom stereocenters. The van der Waals surface area contributed by atoms with Crippen molar-refractivity contribution in [1.82, 2.24) is 5.32 Å². The predicted molar refractivity (Wildman–Crippen MR) is 87.6 cm³/mol. The highest BCUT2D eigenvalue weighted by molar-refractivity contribution is 9.10. The van der Waals surface area contributed by atoms with E-state index in [0.717, 1.165) is 40.3 Å². The van der Waals surface area contributed by atoms with Gasteiger partial charge in [-0.1, -0.05) is 39.7 Å². The Kier molecular flexibility index (Phi) is 5.89. The summed E-state index contributed by atoms with van der Waals surface area (Å²) in [6.45, 7) is 1.70. The van der Waals surface area contributed by atoms with E-state index >= 15 is 0 Å². The van der Waals surface area contributed by atoms with E-state index in [1.165, 1.54) is 5.56 Å². The Balaban J connectivity index is 1.84. The molecular weight excluding hydrogens is 338 g/mol. The molecule has 106 valence electrons. The van der Waals surface area contributed by atoms with Crippen molar-refractivity contribution in [2.45, 2.75) is 13.0 Å². The number of halogens is 2. The van der Waals surface area contributed by atoms with Crippen LogP contribution in [0.2, 0.25) is 5.02 Å². The van der Waals surface area contributed by atoms with E-state index < -0.39 is 0 Å². The Morgan fingerprint density at radius 3 is 2.60 bits per heavy atom. The Bertz CT molecular complexity index is 557. The van der Waals surface area contributed by atoms with Crippen LogP contribution in [0.4, 0.5) is 0 Å². The molecule has 1 N–H and O–H groups in total. The van der Waals surface area contributed by atoms with Gasteiger partial charge in [-0.2, -0.15) is 0 Å². The summed E-state index contributed by atoms with van der Waals surface area (Å²) in [6, 6.07) is 14.0. The third kappa shape index (κ3) is 4.51. The molecular formula is C16H17BrClNO. The van der Waals surface area contributed by atoms with Crippen LogP contribution in [0.15, 0.2) is 46.9 Å². The van der Waals surface area contributed by atoms with E-state index in [-0.39, 0.29) is 0 Å². The molecule has 0 unspecified atom stereocenters. The quantitative estimate of drug-likeness (QED) is 0.774. The molecule has 0 aliphatic heterocycles. The minimum atomic E-state index is 0.778. The molecule has 0 aliphatic carbocycles. The van der Waals surface area contributed by atoms with Crippen molar-refractivity contribution in [2.24, 2.45) is 0 Å². The number of ether oxygens (including phenoxy) is 1. The lowest BCUT2D eigenvalue weighted by atomic mass is 10.1. The van der Waals surface area contributed by atoms with Gasteiger partial charge in [-0.15, -0.1) is 0 Å². The van der Waals surface area contributed by atoms with Crippen LogP contribution in [-0.2, 0) is 13.0 Å². The Morgan fingerprint density at radius 1 is 1.15 bits per heavy atom. The molecule has 0 spiro atoms. The zero-order valence-corrected chi connectivity index (χ0v) is 13.7. The van der Waals surface area contributed by atoms with Crippen LogP contribution in [0.1, 0.15) is 11.1 Å². The molecule has 0 radical (unpaired) electrons. The maximum atomic E-state index is 5.87. The number of methoxy groups -OCH3 is 1. The van der Waals surface area contributed by atoms with Crippen molar-refractivity contribution in [3.05, 3.63) is 63.1 Å². The number of benzene rings is 2. The molecule has 20 heavy (non-hydrogen) atoms. The summed E-state index contributed by atoms with van der Waals surface area (Å²) in [5.74, 6) is 0.909. The first-order valence-electron chi connectivity index (χ1n) is 6.46. The molecule has 0 aliphatic rings. The number of hydrogen-bond donors (Lipinski definition) is 1. The van der Waals surface area contributed by atoms with E-state index in [1.807, 2.05) is 24.3 Å². The van der Waals surface area contributed by atoms with Crippen molar-refractivity contribution >= 4 is 27.5 Å². The largest absolute Gasteiger partial charge is 0.496 e. The zero-order chi connectivity index (χ0) is 14.4. The molecule has 0 fully saturated rings. The van der Waals surface area contributed by atoms with Crippen molar-refractivity contribution in [2.75, 3.05) is 13.7 Å². The van der Waals surface area contributed by atoms with Gasteiger partial charge in [0.1, 0.15) is 5.75 Å². The third-order valence-corrected chi connectivity index (χ3v) is 3.81. The second-order valence-corrected chi connectivity index (χ2v) is 5.86. The van der Waals surface area contributed by atoms with Crippen LogP contribution in [0.3, 0.4) is 0 Å². The van der Waals surface area contributed by atoms with Crippen LogP contribution in [0.5, 0.6) is 5.75 Å². The van der Waals surface area contributed by atoms with E-state index in [2.05, 4.69) is 39.4 Å². The van der Waals surface area contributed by atoms with Gasteiger partial charge in [-0.25, -0.2) is 0 Å². The molecule has 0 bridgehead atoms. The lowest BCUT2D eigenvalue weighted by Gasteiger charge is -2.10. The molecule has 0 saturated carbocycles. The number of rotatable bonds is 6. The molecule has 2 nitrogen and oxygen atoms in total. The summed E-state index contributed by atoms with van der Waals surface area (Å²) in [7, 11) is 1.69. The third-order valence-electron chi connectivity index (χ3n) is 3.06. The van der Waals surface area contributed by atoms with Crippen molar-refractivity contribution in [3.63, 3.8) is 0 Å². The first kappa shape index (κ1) is 15.4. The average Bonchev–Trinajstić information content (AvgIpc) is 2.46. The normalized spacial score (nSPS) is 10.6. The average molecular weight is 355 g/mol. The summed E-state index contributed by atoms with van der Waals surface area (Å²) >= 11 is 9.35. The van der Waals surface area contributed by atoms with E-state index in [4.69, 9.17) is 16.3 Å². The summed E-state index contributed by atoms with van der Waals surface area (Å²) in [6.07, 6.45) is 0.980. The second kappa shape index (κ2) is 7.67. The fraction of sp³-hybridized carbons (Fsp3) is 0.250. The Morgan fingerprint density at radius 2 is 1.90 bits per heavy atom. The SMILES string of the molecule is COc1ccc(Br)cc1CNCCc1ccc(Cl)cc1. The van der Waals surface area contributed by atoms with Crippen LogP contribution >= 0.6 is 27.5 Å². The summed E-state index contributed by atoms with van der Waals surface area (Å²) in [5, 5.41) is 4.21. The molecule has 0 amide bonds. The van der Waals surface area contributed by atoms with Crippen LogP contribution < -0.4 is 10.1 Å². The van der Waals surface area contributed by atoms with Gasteiger partial charge in [-0.3, -0.25) is 0 Å². The molecule has 0 aromatic heterocycles. The summed E-state index contributed by atoms with van der Waals surface area (Å²) in [5.41, 5.74) is 2.43. The van der Waals surface area contributed by atoms with Gasteiger partial charge in [0.05, 0.1) is 7.11 Å². The fourth-order valence-electron chi connectivity index (χ4n) is 1.99. The Hall–Kier alpha value is -1.03. The topological polar surface area (TPSA) is 21.3 Å². The van der Waals surface area contributed by atoms with E-state index in [1.54, 1.807) is 7.11 Å². The van der Waals surface area contributed by atoms with E-state index in [9.17, 15) is 0 Å². The lowest BCUT2D eigenvalue weighted by molar-refractivity contribution is 0.407. The minimum Gasteiger partial charge on any atom is -0.496 e. The van der Waals surface area contributed by atoms with Gasteiger partial charge in [0.25, 0.3) is 0 Å². The smallest absolute Gasteiger partial charge is 0.123 e. The molecule has 4 heteroatoms. The maximum Gasteiger partial charge on any atom is 0.123 e. The molecule has 2 rings (SSSR count). The lowest BCUT2D eigenvalue weighted by Crippen LogP contribution is -2.17. The van der Waals surface area contributed by atoms with Gasteiger partial charge in [0.15, 0.2) is 0 Å². The maximum absolute atomic E-state index is 5.87. The van der Waals surface area contributed by atoms with Gasteiger partial charge < -0.3 is 10.1 Å². The first-order valence-corrected chi connectivity index (χ1v) is 7.63. The highest BCUT2D eigenvalue weighted by Crippen LogP contribution is 2.22. The zero-order valence-electron chi connectivity index (χ0n) is 11.3. The second-order valence-electron chi connectivity index (χ2n) is 4.51.